The number of fused-ring (bicyclic) bond motifs is 1. The van der Waals surface area contributed by atoms with Crippen LogP contribution in [0.3, 0.4) is 0 Å². The number of likely N-dealkylation sites (N-methyl/N-ethyl adjacent to an activating group) is 1. The van der Waals surface area contributed by atoms with E-state index in [1.54, 1.807) is 6.07 Å². The van der Waals surface area contributed by atoms with Crippen molar-refractivity contribution in [2.45, 2.75) is 32.0 Å². The molecule has 0 bridgehead atoms. The van der Waals surface area contributed by atoms with Gasteiger partial charge in [0.2, 0.25) is 5.91 Å². The van der Waals surface area contributed by atoms with E-state index in [1.165, 1.54) is 22.5 Å². The highest BCUT2D eigenvalue weighted by Crippen LogP contribution is 2.27. The zero-order chi connectivity index (χ0) is 22.4. The Morgan fingerprint density at radius 2 is 1.81 bits per heavy atom. The Hall–Kier alpha value is -2.42. The number of likely N-dealkylation sites (tertiary alicyclic amines) is 1. The molecule has 1 saturated heterocycles. The maximum absolute atomic E-state index is 13.1. The largest absolute Gasteiger partial charge is 0.483 e. The van der Waals surface area contributed by atoms with E-state index in [9.17, 15) is 9.59 Å². The first-order valence-electron chi connectivity index (χ1n) is 10.1. The quantitative estimate of drug-likeness (QED) is 0.683. The van der Waals surface area contributed by atoms with E-state index in [-0.39, 0.29) is 30.2 Å². The first kappa shape index (κ1) is 23.2. The minimum Gasteiger partial charge on any atom is -0.483 e. The summed E-state index contributed by atoms with van der Waals surface area (Å²) < 4.78 is 0. The molecule has 0 radical (unpaired) electrons. The zero-order valence-electron chi connectivity index (χ0n) is 17.3. The van der Waals surface area contributed by atoms with Crippen molar-refractivity contribution >= 4 is 41.2 Å². The minimum atomic E-state index is -0.250. The average Bonchev–Trinajstić information content (AvgIpc) is 3.32. The molecule has 9 heteroatoms. The molecule has 3 heterocycles. The van der Waals surface area contributed by atoms with Gasteiger partial charge in [-0.05, 0) is 42.5 Å². The van der Waals surface area contributed by atoms with Crippen molar-refractivity contribution in [1.82, 2.24) is 15.1 Å². The van der Waals surface area contributed by atoms with Gasteiger partial charge >= 0.3 is 0 Å². The van der Waals surface area contributed by atoms with E-state index in [0.29, 0.717) is 23.0 Å². The van der Waals surface area contributed by atoms with Crippen molar-refractivity contribution in [1.29, 1.82) is 0 Å². The summed E-state index contributed by atoms with van der Waals surface area (Å²) >= 11 is 7.43. The second-order valence-corrected chi connectivity index (χ2v) is 9.16. The van der Waals surface area contributed by atoms with Gasteiger partial charge in [-0.25, -0.2) is 0 Å². The number of hydrogen-bond acceptors (Lipinski definition) is 5. The smallest absolute Gasteiger partial charge is 0.290 e. The molecule has 1 aromatic carbocycles. The molecule has 0 unspecified atom stereocenters. The summed E-state index contributed by atoms with van der Waals surface area (Å²) in [5.74, 6) is 0.0565. The van der Waals surface area contributed by atoms with E-state index in [4.69, 9.17) is 21.5 Å². The van der Waals surface area contributed by atoms with E-state index in [2.05, 4.69) is 22.3 Å². The number of nitrogens with zero attached hydrogens (tertiary/aromatic N) is 2. The lowest BCUT2D eigenvalue weighted by molar-refractivity contribution is -0.136. The number of halogens is 1. The molecule has 2 aliphatic rings. The van der Waals surface area contributed by atoms with Crippen molar-refractivity contribution < 1.29 is 19.5 Å². The van der Waals surface area contributed by atoms with Gasteiger partial charge in [-0.3, -0.25) is 14.4 Å². The highest BCUT2D eigenvalue weighted by molar-refractivity contribution is 7.12. The van der Waals surface area contributed by atoms with E-state index in [0.717, 1.165) is 25.9 Å². The number of carbonyl (C=O) groups is 3. The lowest BCUT2D eigenvalue weighted by Crippen LogP contribution is -2.42. The predicted octanol–water partition coefficient (Wildman–Crippen LogP) is 3.08. The number of nitrogens with one attached hydrogen (secondary N) is 1. The Balaban J connectivity index is 0.000000858. The third-order valence-electron chi connectivity index (χ3n) is 5.59. The first-order valence-corrected chi connectivity index (χ1v) is 11.3. The van der Waals surface area contributed by atoms with Crippen LogP contribution < -0.4 is 5.32 Å². The number of rotatable bonds is 3. The first-order chi connectivity index (χ1) is 14.9. The van der Waals surface area contributed by atoms with Crippen LogP contribution in [0, 0.1) is 5.92 Å². The average molecular weight is 464 g/mol. The van der Waals surface area contributed by atoms with Gasteiger partial charge in [0.25, 0.3) is 12.4 Å². The van der Waals surface area contributed by atoms with Gasteiger partial charge in [0, 0.05) is 32.2 Å². The van der Waals surface area contributed by atoms with Crippen molar-refractivity contribution in [2.24, 2.45) is 5.92 Å². The molecule has 0 aliphatic carbocycles. The summed E-state index contributed by atoms with van der Waals surface area (Å²) in [5.41, 5.74) is 2.49. The van der Waals surface area contributed by atoms with Gasteiger partial charge in [-0.2, -0.15) is 0 Å². The van der Waals surface area contributed by atoms with E-state index >= 15 is 0 Å². The van der Waals surface area contributed by atoms with E-state index in [1.807, 2.05) is 29.5 Å². The fraction of sp³-hybridized carbons (Fsp3) is 0.409. The number of benzene rings is 1. The van der Waals surface area contributed by atoms with Gasteiger partial charge in [0.15, 0.2) is 0 Å². The van der Waals surface area contributed by atoms with Gasteiger partial charge in [-0.15, -0.1) is 11.3 Å². The Morgan fingerprint density at radius 3 is 2.39 bits per heavy atom. The maximum Gasteiger partial charge on any atom is 0.290 e. The Kier molecular flexibility index (Phi) is 8.06. The Bertz CT molecular complexity index is 910. The molecule has 4 rings (SSSR count). The summed E-state index contributed by atoms with van der Waals surface area (Å²) in [5, 5.41) is 12.3. The summed E-state index contributed by atoms with van der Waals surface area (Å²) in [6, 6.07) is 10.0. The summed E-state index contributed by atoms with van der Waals surface area (Å²) in [6.07, 6.45) is 1.56. The lowest BCUT2D eigenvalue weighted by atomic mass is 10.0. The molecule has 7 nitrogen and oxygen atoms in total. The molecule has 2 aliphatic heterocycles. The van der Waals surface area contributed by atoms with Gasteiger partial charge in [0.1, 0.15) is 4.88 Å². The zero-order valence-corrected chi connectivity index (χ0v) is 18.9. The fourth-order valence-electron chi connectivity index (χ4n) is 4.19. The molecule has 0 saturated carbocycles. The minimum absolute atomic E-state index is 0.0178. The normalized spacial score (nSPS) is 20.8. The molecular weight excluding hydrogens is 438 g/mol. The van der Waals surface area contributed by atoms with Crippen molar-refractivity contribution in [3.63, 3.8) is 0 Å². The lowest BCUT2D eigenvalue weighted by Gasteiger charge is -2.24. The topological polar surface area (TPSA) is 90.0 Å². The Labute approximate surface area is 190 Å². The number of hydrogen-bond donors (Lipinski definition) is 2. The number of carboxylic acid groups (broad SMARTS) is 1. The summed E-state index contributed by atoms with van der Waals surface area (Å²) in [4.78, 5) is 38.6. The van der Waals surface area contributed by atoms with Crippen LogP contribution in [0.25, 0.3) is 0 Å². The van der Waals surface area contributed by atoms with Crippen LogP contribution in [0.4, 0.5) is 0 Å². The molecule has 2 N–H and O–H groups in total. The molecule has 166 valence electrons. The number of thiophene rings is 1. The van der Waals surface area contributed by atoms with Crippen LogP contribution in [0.2, 0.25) is 5.02 Å². The van der Waals surface area contributed by atoms with Crippen LogP contribution in [0.1, 0.15) is 33.6 Å². The monoisotopic (exact) mass is 463 g/mol. The number of amides is 2. The standard InChI is InChI=1S/C21H24ClN3O2S.CH2O2/c1-24-10-16(21(27)25-11-14-4-2-3-5-15(14)12-25)6-7-17(13-24)23-20(26)19-18(22)8-9-28-19;2-1-3/h2-5,8-9,16-17H,6-7,10-13H2,1H3,(H,23,26);1H,(H,2,3)/t16-,17+;/m1./s1. The van der Waals surface area contributed by atoms with Crippen LogP contribution in [-0.4, -0.2) is 59.4 Å². The van der Waals surface area contributed by atoms with Crippen LogP contribution >= 0.6 is 22.9 Å². The highest BCUT2D eigenvalue weighted by atomic mass is 35.5. The van der Waals surface area contributed by atoms with E-state index < -0.39 is 0 Å². The van der Waals surface area contributed by atoms with Crippen molar-refractivity contribution in [2.75, 3.05) is 20.1 Å². The predicted molar refractivity (Wildman–Crippen MR) is 120 cm³/mol. The van der Waals surface area contributed by atoms with Gasteiger partial charge < -0.3 is 20.2 Å². The van der Waals surface area contributed by atoms with Crippen LogP contribution in [0.15, 0.2) is 35.7 Å². The van der Waals surface area contributed by atoms with Crippen molar-refractivity contribution in [3.05, 3.63) is 56.7 Å². The highest BCUT2D eigenvalue weighted by Gasteiger charge is 2.32. The summed E-state index contributed by atoms with van der Waals surface area (Å²) in [6.45, 7) is 2.61. The number of carbonyl (C=O) groups excluding carboxylic acids is 2. The molecule has 0 spiro atoms. The molecule has 31 heavy (non-hydrogen) atoms. The van der Waals surface area contributed by atoms with Crippen LogP contribution in [0.5, 0.6) is 0 Å². The van der Waals surface area contributed by atoms with Crippen molar-refractivity contribution in [3.8, 4) is 0 Å². The van der Waals surface area contributed by atoms with Gasteiger partial charge in [0.05, 0.1) is 10.9 Å². The molecule has 2 aromatic rings. The molecular formula is C22H26ClN3O4S. The maximum atomic E-state index is 13.1. The Morgan fingerprint density at radius 1 is 1.16 bits per heavy atom. The SMILES string of the molecule is CN1C[C@@H](NC(=O)c2sccc2Cl)CC[C@@H](C(=O)N2Cc3ccccc3C2)C1.O=CO. The molecule has 2 atom stereocenters. The molecule has 1 aromatic heterocycles. The second kappa shape index (κ2) is 10.7. The third kappa shape index (κ3) is 5.84. The van der Waals surface area contributed by atoms with Crippen LogP contribution in [-0.2, 0) is 22.7 Å². The second-order valence-electron chi connectivity index (χ2n) is 7.83. The summed E-state index contributed by atoms with van der Waals surface area (Å²) in [7, 11) is 2.02. The fourth-order valence-corrected chi connectivity index (χ4v) is 5.23. The molecule has 1 fully saturated rings. The molecule has 2 amide bonds. The van der Waals surface area contributed by atoms with Gasteiger partial charge in [-0.1, -0.05) is 35.9 Å². The third-order valence-corrected chi connectivity index (χ3v) is 6.93.